The van der Waals surface area contributed by atoms with E-state index < -0.39 is 0 Å². The molecule has 0 amide bonds. The van der Waals surface area contributed by atoms with Crippen LogP contribution in [0.5, 0.6) is 5.75 Å². The fourth-order valence-corrected chi connectivity index (χ4v) is 1.65. The molecule has 16 heavy (non-hydrogen) atoms. The summed E-state index contributed by atoms with van der Waals surface area (Å²) in [6, 6.07) is 9.02. The van der Waals surface area contributed by atoms with Crippen LogP contribution in [0.15, 0.2) is 28.2 Å². The van der Waals surface area contributed by atoms with Crippen LogP contribution < -0.4 is 4.74 Å². The van der Waals surface area contributed by atoms with Crippen LogP contribution in [0.2, 0.25) is 0 Å². The first kappa shape index (κ1) is 12.3. The van der Waals surface area contributed by atoms with E-state index >= 15 is 0 Å². The molecule has 0 aliphatic rings. The molecule has 0 N–H and O–H groups in total. The van der Waals surface area contributed by atoms with Gasteiger partial charge < -0.3 is 4.74 Å². The molecule has 0 aliphatic carbocycles. The fourth-order valence-electron chi connectivity index (χ4n) is 1.14. The molecule has 0 atom stereocenters. The minimum absolute atomic E-state index is 0.0797. The maximum absolute atomic E-state index is 8.62. The van der Waals surface area contributed by atoms with Gasteiger partial charge in [0.15, 0.2) is 0 Å². The lowest BCUT2D eigenvalue weighted by molar-refractivity contribution is 0.338. The Balaban J connectivity index is 3.04. The van der Waals surface area contributed by atoms with E-state index in [9.17, 15) is 0 Å². The number of hydrogen-bond acceptors (Lipinski definition) is 3. The third kappa shape index (κ3) is 3.12. The van der Waals surface area contributed by atoms with Crippen molar-refractivity contribution in [1.29, 1.82) is 10.5 Å². The van der Waals surface area contributed by atoms with Crippen LogP contribution in [0.3, 0.4) is 0 Å². The standard InChI is InChI=1S/C12H9BrN2O/c1-2-16-12-4-3-9(6-11(12)13)5-10(7-14)8-15/h3-6H,2H2,1H3. The molecule has 1 aromatic carbocycles. The first-order chi connectivity index (χ1) is 7.71. The van der Waals surface area contributed by atoms with E-state index in [1.165, 1.54) is 6.08 Å². The summed E-state index contributed by atoms with van der Waals surface area (Å²) in [7, 11) is 0. The maximum Gasteiger partial charge on any atom is 0.133 e. The highest BCUT2D eigenvalue weighted by molar-refractivity contribution is 9.10. The number of benzene rings is 1. The Morgan fingerprint density at radius 2 is 2.12 bits per heavy atom. The van der Waals surface area contributed by atoms with Gasteiger partial charge in [-0.2, -0.15) is 10.5 Å². The molecule has 1 aromatic rings. The predicted molar refractivity (Wildman–Crippen MR) is 64.5 cm³/mol. The zero-order valence-electron chi connectivity index (χ0n) is 8.70. The number of nitriles is 2. The quantitative estimate of drug-likeness (QED) is 0.796. The molecule has 0 bridgehead atoms. The Morgan fingerprint density at radius 3 is 2.62 bits per heavy atom. The number of allylic oxidation sites excluding steroid dienone is 1. The minimum atomic E-state index is 0.0797. The van der Waals surface area contributed by atoms with Crippen LogP contribution in [0.1, 0.15) is 12.5 Å². The lowest BCUT2D eigenvalue weighted by Gasteiger charge is -2.05. The predicted octanol–water partition coefficient (Wildman–Crippen LogP) is 3.28. The van der Waals surface area contributed by atoms with E-state index in [0.29, 0.717) is 6.61 Å². The highest BCUT2D eigenvalue weighted by Gasteiger charge is 2.01. The van der Waals surface area contributed by atoms with Crippen LogP contribution in [-0.4, -0.2) is 6.61 Å². The van der Waals surface area contributed by atoms with E-state index in [-0.39, 0.29) is 5.57 Å². The summed E-state index contributed by atoms with van der Waals surface area (Å²) in [6.07, 6.45) is 1.53. The smallest absolute Gasteiger partial charge is 0.133 e. The van der Waals surface area contributed by atoms with Gasteiger partial charge in [-0.3, -0.25) is 0 Å². The van der Waals surface area contributed by atoms with Gasteiger partial charge in [0.1, 0.15) is 23.5 Å². The SMILES string of the molecule is CCOc1ccc(C=C(C#N)C#N)cc1Br. The zero-order chi connectivity index (χ0) is 12.0. The van der Waals surface area contributed by atoms with Crippen LogP contribution in [-0.2, 0) is 0 Å². The van der Waals surface area contributed by atoms with Crippen molar-refractivity contribution < 1.29 is 4.74 Å². The van der Waals surface area contributed by atoms with Gasteiger partial charge in [0.2, 0.25) is 0 Å². The molecule has 0 aliphatic heterocycles. The second-order valence-corrected chi connectivity index (χ2v) is 3.76. The zero-order valence-corrected chi connectivity index (χ0v) is 10.3. The van der Waals surface area contributed by atoms with Crippen molar-refractivity contribution in [3.63, 3.8) is 0 Å². The number of rotatable bonds is 3. The second kappa shape index (κ2) is 5.95. The van der Waals surface area contributed by atoms with Gasteiger partial charge in [-0.25, -0.2) is 0 Å². The van der Waals surface area contributed by atoms with Crippen LogP contribution in [0, 0.1) is 22.7 Å². The third-order valence-corrected chi connectivity index (χ3v) is 2.43. The lowest BCUT2D eigenvalue weighted by Crippen LogP contribution is -1.92. The lowest BCUT2D eigenvalue weighted by atomic mass is 10.1. The van der Waals surface area contributed by atoms with Crippen molar-refractivity contribution >= 4 is 22.0 Å². The third-order valence-electron chi connectivity index (χ3n) is 1.81. The normalized spacial score (nSPS) is 8.75. The molecule has 80 valence electrons. The summed E-state index contributed by atoms with van der Waals surface area (Å²) in [5.74, 6) is 0.745. The average molecular weight is 277 g/mol. The van der Waals surface area contributed by atoms with Gasteiger partial charge in [0, 0.05) is 0 Å². The van der Waals surface area contributed by atoms with Gasteiger partial charge in [-0.15, -0.1) is 0 Å². The van der Waals surface area contributed by atoms with Gasteiger partial charge in [-0.1, -0.05) is 6.07 Å². The van der Waals surface area contributed by atoms with Crippen molar-refractivity contribution in [3.8, 4) is 17.9 Å². The van der Waals surface area contributed by atoms with E-state index in [4.69, 9.17) is 15.3 Å². The molecule has 1 rings (SSSR count). The molecule has 0 saturated heterocycles. The van der Waals surface area contributed by atoms with Crippen LogP contribution >= 0.6 is 15.9 Å². The fraction of sp³-hybridized carbons (Fsp3) is 0.167. The van der Waals surface area contributed by atoms with Crippen molar-refractivity contribution in [2.75, 3.05) is 6.61 Å². The van der Waals surface area contributed by atoms with Crippen molar-refractivity contribution in [2.45, 2.75) is 6.92 Å². The van der Waals surface area contributed by atoms with Crippen LogP contribution in [0.4, 0.5) is 0 Å². The molecule has 0 fully saturated rings. The Bertz CT molecular complexity index is 479. The summed E-state index contributed by atoms with van der Waals surface area (Å²) in [4.78, 5) is 0. The summed E-state index contributed by atoms with van der Waals surface area (Å²) >= 11 is 3.36. The number of ether oxygens (including phenoxy) is 1. The first-order valence-electron chi connectivity index (χ1n) is 4.65. The largest absolute Gasteiger partial charge is 0.493 e. The molecule has 0 spiro atoms. The molecule has 0 unspecified atom stereocenters. The summed E-state index contributed by atoms with van der Waals surface area (Å²) in [5, 5.41) is 17.2. The van der Waals surface area contributed by atoms with E-state index in [0.717, 1.165) is 15.8 Å². The van der Waals surface area contributed by atoms with Crippen molar-refractivity contribution in [1.82, 2.24) is 0 Å². The Hall–Kier alpha value is -1.78. The van der Waals surface area contributed by atoms with Crippen molar-refractivity contribution in [3.05, 3.63) is 33.8 Å². The average Bonchev–Trinajstić information content (AvgIpc) is 2.29. The van der Waals surface area contributed by atoms with Gasteiger partial charge in [0.05, 0.1) is 11.1 Å². The van der Waals surface area contributed by atoms with E-state index in [1.807, 2.05) is 19.1 Å². The van der Waals surface area contributed by atoms with Gasteiger partial charge >= 0.3 is 0 Å². The summed E-state index contributed by atoms with van der Waals surface area (Å²) in [6.45, 7) is 2.50. The Kier molecular flexibility index (Phi) is 4.57. The van der Waals surface area contributed by atoms with Crippen molar-refractivity contribution in [2.24, 2.45) is 0 Å². The topological polar surface area (TPSA) is 56.8 Å². The molecule has 0 radical (unpaired) electrons. The molecular weight excluding hydrogens is 268 g/mol. The highest BCUT2D eigenvalue weighted by atomic mass is 79.9. The molecule has 0 aromatic heterocycles. The molecular formula is C12H9BrN2O. The number of hydrogen-bond donors (Lipinski definition) is 0. The highest BCUT2D eigenvalue weighted by Crippen LogP contribution is 2.26. The molecule has 0 heterocycles. The Morgan fingerprint density at radius 1 is 1.44 bits per heavy atom. The molecule has 4 heteroatoms. The second-order valence-electron chi connectivity index (χ2n) is 2.90. The van der Waals surface area contributed by atoms with E-state index in [2.05, 4.69) is 15.9 Å². The summed E-state index contributed by atoms with van der Waals surface area (Å²) < 4.78 is 6.16. The maximum atomic E-state index is 8.62. The molecule has 3 nitrogen and oxygen atoms in total. The minimum Gasteiger partial charge on any atom is -0.493 e. The van der Waals surface area contributed by atoms with Gasteiger partial charge in [-0.05, 0) is 46.6 Å². The van der Waals surface area contributed by atoms with Crippen LogP contribution in [0.25, 0.3) is 6.08 Å². The Labute approximate surface area is 103 Å². The number of halogens is 1. The number of nitrogens with zero attached hydrogens (tertiary/aromatic N) is 2. The van der Waals surface area contributed by atoms with E-state index in [1.54, 1.807) is 18.2 Å². The first-order valence-corrected chi connectivity index (χ1v) is 5.44. The monoisotopic (exact) mass is 276 g/mol. The molecule has 0 saturated carbocycles. The van der Waals surface area contributed by atoms with Gasteiger partial charge in [0.25, 0.3) is 0 Å². The summed E-state index contributed by atoms with van der Waals surface area (Å²) in [5.41, 5.74) is 0.865.